The van der Waals surface area contributed by atoms with Gasteiger partial charge in [0.25, 0.3) is 5.91 Å². The zero-order chi connectivity index (χ0) is 33.6. The van der Waals surface area contributed by atoms with Gasteiger partial charge in [-0.1, -0.05) is 6.07 Å². The molecule has 2 spiro atoms. The molecule has 0 aromatic carbocycles. The van der Waals surface area contributed by atoms with E-state index in [-0.39, 0.29) is 28.5 Å². The van der Waals surface area contributed by atoms with Crippen LogP contribution in [0.15, 0.2) is 60.2 Å². The molecule has 9 rings (SSSR count). The number of carbonyl (C=O) groups excluding carboxylic acids is 2. The number of fused-ring (bicyclic) bond motifs is 2. The fraction of sp³-hybridized carbons (Fsp3) is 0.412. The zero-order valence-electron chi connectivity index (χ0n) is 26.9. The Morgan fingerprint density at radius 2 is 1.35 bits per heavy atom. The van der Waals surface area contributed by atoms with Crippen LogP contribution < -0.4 is 15.4 Å². The van der Waals surface area contributed by atoms with Crippen molar-refractivity contribution < 1.29 is 9.59 Å². The van der Waals surface area contributed by atoms with Gasteiger partial charge in [0.15, 0.2) is 0 Å². The van der Waals surface area contributed by atoms with Gasteiger partial charge < -0.3 is 34.6 Å². The van der Waals surface area contributed by atoms with Crippen LogP contribution in [0.5, 0.6) is 0 Å². The van der Waals surface area contributed by atoms with Gasteiger partial charge in [-0.05, 0) is 43.9 Å². The number of aromatic nitrogens is 7. The number of amides is 2. The Balaban J connectivity index is 0.000000143. The van der Waals surface area contributed by atoms with E-state index in [4.69, 9.17) is 5.26 Å². The second-order valence-electron chi connectivity index (χ2n) is 13.3. The number of carbonyl (C=O) groups is 2. The van der Waals surface area contributed by atoms with Crippen LogP contribution in [0.3, 0.4) is 0 Å². The zero-order valence-corrected chi connectivity index (χ0v) is 26.9. The number of piperazine rings is 2. The Hall–Kier alpha value is -5.78. The highest BCUT2D eigenvalue weighted by Gasteiger charge is 2.54. The highest BCUT2D eigenvalue weighted by atomic mass is 16.2. The Bertz CT molecular complexity index is 2140. The van der Waals surface area contributed by atoms with Gasteiger partial charge in [-0.15, -0.1) is 0 Å². The van der Waals surface area contributed by atoms with E-state index in [0.717, 1.165) is 79.0 Å². The topological polar surface area (TPSA) is 187 Å². The standard InChI is InChI=1S/C18H18N6O2.C16H18N6O/c25-14-3-1-2-13(22-14)17(26)24-9-8-23(10-18(24)5-6-18)16-12-4-7-19-15(12)20-11-21-16;17-6-1-2-13(23)22-9-8-21(10-16(22)4-5-16)15-12-3-7-18-14(12)19-11-20-15/h1-4,7,11H,5-6,8-10H2,(H,22,25)(H,19,20,21);3,7,11H,1-2,4-5,8-10H2,(H,18,19,20). The largest absolute Gasteiger partial charge is 0.352 e. The number of hydrogen-bond acceptors (Lipinski definition) is 10. The number of nitrogens with one attached hydrogen (secondary N) is 3. The van der Waals surface area contributed by atoms with Gasteiger partial charge in [0, 0.05) is 70.6 Å². The monoisotopic (exact) mass is 660 g/mol. The minimum absolute atomic E-state index is 0.0572. The third kappa shape index (κ3) is 5.62. The summed E-state index contributed by atoms with van der Waals surface area (Å²) in [4.78, 5) is 71.5. The van der Waals surface area contributed by atoms with Crippen LogP contribution in [0, 0.1) is 11.3 Å². The lowest BCUT2D eigenvalue weighted by molar-refractivity contribution is -0.134. The maximum Gasteiger partial charge on any atom is 0.270 e. The molecule has 49 heavy (non-hydrogen) atoms. The summed E-state index contributed by atoms with van der Waals surface area (Å²) in [5.41, 5.74) is 1.53. The minimum atomic E-state index is -0.254. The molecule has 2 amide bonds. The summed E-state index contributed by atoms with van der Waals surface area (Å²) < 4.78 is 0. The van der Waals surface area contributed by atoms with E-state index in [1.807, 2.05) is 34.3 Å². The average molecular weight is 661 g/mol. The van der Waals surface area contributed by atoms with Crippen molar-refractivity contribution in [1.82, 2.24) is 44.7 Å². The quantitative estimate of drug-likeness (QED) is 0.253. The molecular formula is C34H36N12O3. The molecule has 2 saturated heterocycles. The molecule has 2 aliphatic heterocycles. The molecule has 2 saturated carbocycles. The summed E-state index contributed by atoms with van der Waals surface area (Å²) in [6.07, 6.45) is 11.5. The van der Waals surface area contributed by atoms with E-state index >= 15 is 0 Å². The van der Waals surface area contributed by atoms with Crippen LogP contribution in [-0.2, 0) is 4.79 Å². The normalized spacial score (nSPS) is 18.8. The van der Waals surface area contributed by atoms with Crippen molar-refractivity contribution in [2.45, 2.75) is 49.6 Å². The van der Waals surface area contributed by atoms with E-state index < -0.39 is 0 Å². The first-order chi connectivity index (χ1) is 23.9. The summed E-state index contributed by atoms with van der Waals surface area (Å²) in [5.74, 6) is 1.85. The first kappa shape index (κ1) is 30.5. The molecule has 15 heteroatoms. The summed E-state index contributed by atoms with van der Waals surface area (Å²) in [6.45, 7) is 4.31. The van der Waals surface area contributed by atoms with Gasteiger partial charge in [-0.2, -0.15) is 5.26 Å². The second kappa shape index (κ2) is 12.0. The molecule has 0 atom stereocenters. The van der Waals surface area contributed by atoms with E-state index in [9.17, 15) is 14.4 Å². The Kier molecular flexibility index (Phi) is 7.50. The van der Waals surface area contributed by atoms with E-state index in [1.165, 1.54) is 6.07 Å². The summed E-state index contributed by atoms with van der Waals surface area (Å²) in [5, 5.41) is 10.7. The SMILES string of the molecule is N#CCCC(=O)N1CCN(c2ncnc3[nH]ccc23)CC12CC2.O=C(c1cccc(=O)[nH]1)N1CCN(c2ncnc3[nH]ccc23)CC12CC2. The second-order valence-corrected chi connectivity index (χ2v) is 13.3. The Morgan fingerprint density at radius 3 is 1.90 bits per heavy atom. The molecular weight excluding hydrogens is 624 g/mol. The highest BCUT2D eigenvalue weighted by Crippen LogP contribution is 2.47. The summed E-state index contributed by atoms with van der Waals surface area (Å²) in [7, 11) is 0. The molecule has 4 fully saturated rings. The molecule has 0 unspecified atom stereocenters. The molecule has 2 aliphatic carbocycles. The Morgan fingerprint density at radius 1 is 0.776 bits per heavy atom. The number of hydrogen-bond donors (Lipinski definition) is 3. The van der Waals surface area contributed by atoms with Crippen molar-refractivity contribution in [3.8, 4) is 6.07 Å². The minimum Gasteiger partial charge on any atom is -0.352 e. The van der Waals surface area contributed by atoms with Crippen molar-refractivity contribution in [2.75, 3.05) is 49.1 Å². The van der Waals surface area contributed by atoms with Gasteiger partial charge >= 0.3 is 0 Å². The molecule has 7 heterocycles. The lowest BCUT2D eigenvalue weighted by Crippen LogP contribution is -2.57. The van der Waals surface area contributed by atoms with Crippen molar-refractivity contribution in [3.63, 3.8) is 0 Å². The van der Waals surface area contributed by atoms with Gasteiger partial charge in [0.2, 0.25) is 11.5 Å². The number of H-pyrrole nitrogens is 3. The number of rotatable bonds is 5. The number of nitriles is 1. The van der Waals surface area contributed by atoms with Gasteiger partial charge in [0.05, 0.1) is 27.9 Å². The smallest absolute Gasteiger partial charge is 0.270 e. The van der Waals surface area contributed by atoms with Crippen LogP contribution >= 0.6 is 0 Å². The third-order valence-electron chi connectivity index (χ3n) is 10.2. The van der Waals surface area contributed by atoms with Crippen LogP contribution in [0.1, 0.15) is 49.0 Å². The molecule has 4 aliphatic rings. The van der Waals surface area contributed by atoms with E-state index in [2.05, 4.69) is 50.8 Å². The van der Waals surface area contributed by atoms with Crippen LogP contribution in [0.4, 0.5) is 11.6 Å². The fourth-order valence-electron chi connectivity index (χ4n) is 7.40. The van der Waals surface area contributed by atoms with Gasteiger partial charge in [-0.25, -0.2) is 19.9 Å². The lowest BCUT2D eigenvalue weighted by Gasteiger charge is -2.42. The number of aromatic amines is 3. The number of anilines is 2. The van der Waals surface area contributed by atoms with E-state index in [1.54, 1.807) is 24.8 Å². The predicted molar refractivity (Wildman–Crippen MR) is 181 cm³/mol. The fourth-order valence-corrected chi connectivity index (χ4v) is 7.40. The van der Waals surface area contributed by atoms with Crippen molar-refractivity contribution in [3.05, 3.63) is 71.4 Å². The summed E-state index contributed by atoms with van der Waals surface area (Å²) in [6, 6.07) is 10.7. The molecule has 5 aromatic heterocycles. The highest BCUT2D eigenvalue weighted by molar-refractivity contribution is 5.94. The van der Waals surface area contributed by atoms with Gasteiger partial charge in [-0.3, -0.25) is 14.4 Å². The maximum absolute atomic E-state index is 12.9. The van der Waals surface area contributed by atoms with Crippen molar-refractivity contribution in [1.29, 1.82) is 5.26 Å². The predicted octanol–water partition coefficient (Wildman–Crippen LogP) is 2.58. The maximum atomic E-state index is 12.9. The summed E-state index contributed by atoms with van der Waals surface area (Å²) >= 11 is 0. The first-order valence-electron chi connectivity index (χ1n) is 16.6. The molecule has 250 valence electrons. The van der Waals surface area contributed by atoms with Crippen LogP contribution in [0.25, 0.3) is 22.1 Å². The molecule has 3 N–H and O–H groups in total. The first-order valence-corrected chi connectivity index (χ1v) is 16.6. The average Bonchev–Trinajstić information content (AvgIpc) is 3.92. The molecule has 15 nitrogen and oxygen atoms in total. The van der Waals surface area contributed by atoms with Crippen LogP contribution in [-0.4, -0.2) is 107 Å². The van der Waals surface area contributed by atoms with Crippen molar-refractivity contribution in [2.24, 2.45) is 0 Å². The lowest BCUT2D eigenvalue weighted by atomic mass is 10.1. The molecule has 0 bridgehead atoms. The number of pyridine rings is 1. The van der Waals surface area contributed by atoms with Crippen molar-refractivity contribution >= 4 is 45.5 Å². The van der Waals surface area contributed by atoms with Gasteiger partial charge in [0.1, 0.15) is 41.3 Å². The Labute approximate surface area is 281 Å². The molecule has 0 radical (unpaired) electrons. The van der Waals surface area contributed by atoms with E-state index in [0.29, 0.717) is 38.2 Å². The third-order valence-corrected chi connectivity index (χ3v) is 10.2. The van der Waals surface area contributed by atoms with Crippen LogP contribution in [0.2, 0.25) is 0 Å². The number of nitrogens with zero attached hydrogens (tertiary/aromatic N) is 9. The molecule has 5 aromatic rings.